The lowest BCUT2D eigenvalue weighted by atomic mass is 9.81. The molecule has 6 rings (SSSR count). The zero-order valence-electron chi connectivity index (χ0n) is 22.9. The van der Waals surface area contributed by atoms with Gasteiger partial charge in [-0.25, -0.2) is 4.98 Å². The molecule has 0 spiro atoms. The predicted octanol–water partition coefficient (Wildman–Crippen LogP) is 6.71. The molecule has 1 atom stereocenters. The van der Waals surface area contributed by atoms with Crippen LogP contribution in [0.15, 0.2) is 66.7 Å². The summed E-state index contributed by atoms with van der Waals surface area (Å²) in [5.74, 6) is -0.465. The first-order valence-corrected chi connectivity index (χ1v) is 15.0. The van der Waals surface area contributed by atoms with Gasteiger partial charge in [0.05, 0.1) is 26.7 Å². The Morgan fingerprint density at radius 1 is 1.05 bits per heavy atom. The molecule has 2 amide bonds. The number of fused-ring (bicyclic) bond motifs is 2. The molecule has 9 heteroatoms. The van der Waals surface area contributed by atoms with Crippen molar-refractivity contribution in [3.63, 3.8) is 0 Å². The number of likely N-dealkylation sites (tertiary alicyclic amines) is 1. The number of Topliss-reactive ketones (excluding diaryl/α,β-unsaturated/α-hetero) is 1. The minimum Gasteiger partial charge on any atom is -0.479 e. The summed E-state index contributed by atoms with van der Waals surface area (Å²) in [6.07, 6.45) is 0.825. The second kappa shape index (κ2) is 10.9. The Labute approximate surface area is 247 Å². The molecule has 0 radical (unpaired) electrons. The summed E-state index contributed by atoms with van der Waals surface area (Å²) in [5, 5.41) is 4.27. The molecular weight excluding hydrogens is 558 g/mol. The molecule has 0 aliphatic carbocycles. The first kappa shape index (κ1) is 27.4. The molecule has 0 saturated carbocycles. The number of nitrogens with one attached hydrogen (secondary N) is 1. The summed E-state index contributed by atoms with van der Waals surface area (Å²) in [4.78, 5) is 46.3. The van der Waals surface area contributed by atoms with E-state index >= 15 is 0 Å². The normalized spacial score (nSPS) is 18.2. The lowest BCUT2D eigenvalue weighted by molar-refractivity contribution is -0.148. The van der Waals surface area contributed by atoms with Gasteiger partial charge in [0.1, 0.15) is 10.8 Å². The van der Waals surface area contributed by atoms with Gasteiger partial charge in [-0.05, 0) is 35.9 Å². The number of ketones is 1. The smallest absolute Gasteiger partial charge is 0.230 e. The first-order valence-electron chi connectivity index (χ1n) is 13.8. The number of piperidine rings is 1. The minimum absolute atomic E-state index is 0.00846. The van der Waals surface area contributed by atoms with Crippen molar-refractivity contribution in [2.45, 2.75) is 44.6 Å². The van der Waals surface area contributed by atoms with Crippen LogP contribution in [0.4, 0.5) is 5.69 Å². The van der Waals surface area contributed by atoms with Gasteiger partial charge in [-0.2, -0.15) is 0 Å². The molecule has 0 unspecified atom stereocenters. The van der Waals surface area contributed by atoms with Crippen molar-refractivity contribution in [2.75, 3.05) is 18.4 Å². The Bertz CT molecular complexity index is 1660. The molecule has 7 nitrogen and oxygen atoms in total. The van der Waals surface area contributed by atoms with Crippen LogP contribution in [-0.2, 0) is 14.4 Å². The molecule has 1 saturated heterocycles. The van der Waals surface area contributed by atoms with Crippen molar-refractivity contribution in [3.05, 3.63) is 77.3 Å². The van der Waals surface area contributed by atoms with E-state index in [1.807, 2.05) is 80.6 Å². The quantitative estimate of drug-likeness (QED) is 0.271. The number of amides is 2. The summed E-state index contributed by atoms with van der Waals surface area (Å²) in [6, 6.07) is 20.7. The van der Waals surface area contributed by atoms with E-state index in [1.54, 1.807) is 4.90 Å². The minimum atomic E-state index is -1.09. The van der Waals surface area contributed by atoms with Crippen LogP contribution < -0.4 is 10.1 Å². The van der Waals surface area contributed by atoms with E-state index in [0.29, 0.717) is 42.4 Å². The molecule has 3 heterocycles. The zero-order chi connectivity index (χ0) is 28.7. The fourth-order valence-electron chi connectivity index (χ4n) is 5.84. The van der Waals surface area contributed by atoms with Gasteiger partial charge in [-0.1, -0.05) is 61.8 Å². The van der Waals surface area contributed by atoms with Crippen molar-refractivity contribution < 1.29 is 19.1 Å². The van der Waals surface area contributed by atoms with Crippen LogP contribution in [0.25, 0.3) is 20.8 Å². The van der Waals surface area contributed by atoms with Crippen molar-refractivity contribution in [2.24, 2.45) is 5.92 Å². The van der Waals surface area contributed by atoms with Crippen molar-refractivity contribution >= 4 is 56.4 Å². The Morgan fingerprint density at radius 3 is 2.54 bits per heavy atom. The molecule has 0 bridgehead atoms. The van der Waals surface area contributed by atoms with Gasteiger partial charge in [-0.15, -0.1) is 11.3 Å². The number of halogens is 1. The monoisotopic (exact) mass is 587 g/mol. The predicted molar refractivity (Wildman–Crippen MR) is 162 cm³/mol. The number of aromatic nitrogens is 1. The third kappa shape index (κ3) is 5.11. The van der Waals surface area contributed by atoms with Gasteiger partial charge in [0.25, 0.3) is 0 Å². The van der Waals surface area contributed by atoms with Crippen LogP contribution in [0.3, 0.4) is 0 Å². The highest BCUT2D eigenvalue weighted by atomic mass is 35.5. The first-order chi connectivity index (χ1) is 19.8. The van der Waals surface area contributed by atoms with Crippen molar-refractivity contribution in [1.82, 2.24) is 9.88 Å². The van der Waals surface area contributed by atoms with Gasteiger partial charge >= 0.3 is 0 Å². The Balaban J connectivity index is 1.27. The molecule has 4 aromatic rings. The highest BCUT2D eigenvalue weighted by Gasteiger charge is 2.46. The fraction of sp³-hybridized carbons (Fsp3) is 0.312. The number of thiazole rings is 1. The Morgan fingerprint density at radius 2 is 1.78 bits per heavy atom. The molecular formula is C32H30ClN3O4S. The standard InChI is InChI=1S/C32H30ClN3O4S/c1-19(2)29(38)32(40-26-13-6-4-9-21(26)30-35-25-12-7-10-23(33)28(25)41-30)14-16-36(17-15-32)31(39)22-18-27(37)34-24-11-5-3-8-20(22)24/h3-13,19,22H,14-18H2,1-2H3,(H,34,37)/t22-/m0/s1. The van der Waals surface area contributed by atoms with E-state index in [4.69, 9.17) is 21.3 Å². The van der Waals surface area contributed by atoms with E-state index in [0.717, 1.165) is 26.4 Å². The van der Waals surface area contributed by atoms with Gasteiger partial charge in [0.15, 0.2) is 11.4 Å². The van der Waals surface area contributed by atoms with E-state index in [9.17, 15) is 14.4 Å². The van der Waals surface area contributed by atoms with Crippen molar-refractivity contribution in [3.8, 4) is 16.3 Å². The van der Waals surface area contributed by atoms with E-state index in [1.165, 1.54) is 11.3 Å². The van der Waals surface area contributed by atoms with Gasteiger partial charge in [0.2, 0.25) is 11.8 Å². The lowest BCUT2D eigenvalue weighted by Gasteiger charge is -2.43. The number of ether oxygens (including phenoxy) is 1. The van der Waals surface area contributed by atoms with E-state index < -0.39 is 11.5 Å². The zero-order valence-corrected chi connectivity index (χ0v) is 24.4. The molecule has 2 aliphatic heterocycles. The third-order valence-corrected chi connectivity index (χ3v) is 9.51. The van der Waals surface area contributed by atoms with Crippen LogP contribution in [0.2, 0.25) is 5.02 Å². The van der Waals surface area contributed by atoms with Crippen molar-refractivity contribution in [1.29, 1.82) is 0 Å². The molecule has 2 aliphatic rings. The number of nitrogens with zero attached hydrogens (tertiary/aromatic N) is 2. The largest absolute Gasteiger partial charge is 0.479 e. The molecule has 3 aromatic carbocycles. The number of hydrogen-bond donors (Lipinski definition) is 1. The number of carbonyl (C=O) groups excluding carboxylic acids is 3. The highest BCUT2D eigenvalue weighted by molar-refractivity contribution is 7.22. The number of para-hydroxylation sites is 2. The number of rotatable bonds is 6. The van der Waals surface area contributed by atoms with Gasteiger partial charge in [0, 0.05) is 44.0 Å². The van der Waals surface area contributed by atoms with Gasteiger partial charge in [-0.3, -0.25) is 14.4 Å². The Kier molecular flexibility index (Phi) is 7.30. The maximum absolute atomic E-state index is 13.7. The average molecular weight is 588 g/mol. The summed E-state index contributed by atoms with van der Waals surface area (Å²) in [7, 11) is 0. The van der Waals surface area contributed by atoms with Crippen LogP contribution in [0, 0.1) is 5.92 Å². The van der Waals surface area contributed by atoms with Crippen LogP contribution >= 0.6 is 22.9 Å². The summed E-state index contributed by atoms with van der Waals surface area (Å²) in [5.41, 5.74) is 2.03. The van der Waals surface area contributed by atoms with Crippen LogP contribution in [-0.4, -0.2) is 46.2 Å². The van der Waals surface area contributed by atoms with Crippen LogP contribution in [0.5, 0.6) is 5.75 Å². The molecule has 1 N–H and O–H groups in total. The maximum atomic E-state index is 13.7. The number of benzene rings is 3. The van der Waals surface area contributed by atoms with Crippen LogP contribution in [0.1, 0.15) is 44.6 Å². The summed E-state index contributed by atoms with van der Waals surface area (Å²) in [6.45, 7) is 4.47. The Hall–Kier alpha value is -3.75. The van der Waals surface area contributed by atoms with E-state index in [2.05, 4.69) is 5.32 Å². The second-order valence-corrected chi connectivity index (χ2v) is 12.3. The van der Waals surface area contributed by atoms with Gasteiger partial charge < -0.3 is 15.0 Å². The molecule has 41 heavy (non-hydrogen) atoms. The van der Waals surface area contributed by atoms with E-state index in [-0.39, 0.29) is 29.9 Å². The average Bonchev–Trinajstić information content (AvgIpc) is 3.42. The number of hydrogen-bond acceptors (Lipinski definition) is 6. The second-order valence-electron chi connectivity index (χ2n) is 10.9. The summed E-state index contributed by atoms with van der Waals surface area (Å²) < 4.78 is 7.61. The molecule has 210 valence electrons. The topological polar surface area (TPSA) is 88.6 Å². The summed E-state index contributed by atoms with van der Waals surface area (Å²) >= 11 is 7.91. The fourth-order valence-corrected chi connectivity index (χ4v) is 7.12. The lowest BCUT2D eigenvalue weighted by Crippen LogP contribution is -2.56. The maximum Gasteiger partial charge on any atom is 0.230 e. The number of anilines is 1. The third-order valence-electron chi connectivity index (χ3n) is 7.94. The highest BCUT2D eigenvalue weighted by Crippen LogP contribution is 2.42. The SMILES string of the molecule is CC(C)C(=O)C1(Oc2ccccc2-c2nc3cccc(Cl)c3s2)CCN(C(=O)[C@H]2CC(=O)Nc3ccccc32)CC1. The molecule has 1 fully saturated rings. The molecule has 1 aromatic heterocycles. The number of carbonyl (C=O) groups is 3.